The molecule has 2 rings (SSSR count). The highest BCUT2D eigenvalue weighted by Gasteiger charge is 2.41. The number of halogens is 4. The number of carbonyl (C=O) groups is 1. The second kappa shape index (κ2) is 5.99. The molecule has 20 heavy (non-hydrogen) atoms. The lowest BCUT2D eigenvalue weighted by atomic mass is 9.85. The molecule has 3 nitrogen and oxygen atoms in total. The molecule has 1 aliphatic rings. The largest absolute Gasteiger partial charge is 0.391 e. The number of rotatable bonds is 2. The van der Waals surface area contributed by atoms with E-state index in [1.807, 2.05) is 0 Å². The number of nitrogens with zero attached hydrogens (tertiary/aromatic N) is 1. The third-order valence-corrected chi connectivity index (χ3v) is 3.68. The average molecular weight is 307 g/mol. The molecule has 1 fully saturated rings. The molecule has 1 N–H and O–H groups in total. The summed E-state index contributed by atoms with van der Waals surface area (Å²) in [6.07, 6.45) is -3.37. The quantitative estimate of drug-likeness (QED) is 0.849. The Labute approximate surface area is 119 Å². The second-order valence-electron chi connectivity index (χ2n) is 4.91. The van der Waals surface area contributed by atoms with Crippen LogP contribution in [-0.2, 0) is 0 Å². The van der Waals surface area contributed by atoms with Crippen LogP contribution in [0, 0.1) is 5.92 Å². The van der Waals surface area contributed by atoms with Crippen molar-refractivity contribution in [2.24, 2.45) is 5.92 Å². The minimum absolute atomic E-state index is 0.0530. The van der Waals surface area contributed by atoms with Gasteiger partial charge in [-0.15, -0.1) is 0 Å². The summed E-state index contributed by atoms with van der Waals surface area (Å²) < 4.78 is 37.6. The Hall–Kier alpha value is -1.30. The van der Waals surface area contributed by atoms with Crippen molar-refractivity contribution in [2.45, 2.75) is 37.9 Å². The highest BCUT2D eigenvalue weighted by molar-refractivity contribution is 6.29. The van der Waals surface area contributed by atoms with Crippen molar-refractivity contribution in [1.82, 2.24) is 10.3 Å². The number of amides is 1. The Morgan fingerprint density at radius 2 is 1.90 bits per heavy atom. The predicted octanol–water partition coefficient (Wildman–Crippen LogP) is 3.59. The molecular formula is C13H14ClF3N2O. The molecule has 7 heteroatoms. The maximum atomic E-state index is 12.5. The molecule has 1 aromatic heterocycles. The van der Waals surface area contributed by atoms with Crippen molar-refractivity contribution < 1.29 is 18.0 Å². The van der Waals surface area contributed by atoms with Gasteiger partial charge in [0.2, 0.25) is 0 Å². The molecule has 1 aromatic rings. The fourth-order valence-electron chi connectivity index (χ4n) is 2.36. The normalized spacial score (nSPS) is 23.4. The fourth-order valence-corrected chi connectivity index (χ4v) is 2.52. The van der Waals surface area contributed by atoms with Crippen LogP contribution in [0.5, 0.6) is 0 Å². The Morgan fingerprint density at radius 1 is 1.25 bits per heavy atom. The van der Waals surface area contributed by atoms with Crippen LogP contribution in [-0.4, -0.2) is 23.1 Å². The third-order valence-electron chi connectivity index (χ3n) is 3.47. The minimum atomic E-state index is -4.14. The lowest BCUT2D eigenvalue weighted by Crippen LogP contribution is -2.40. The Balaban J connectivity index is 1.88. The monoisotopic (exact) mass is 306 g/mol. The zero-order valence-corrected chi connectivity index (χ0v) is 11.3. The minimum Gasteiger partial charge on any atom is -0.348 e. The van der Waals surface area contributed by atoms with Gasteiger partial charge in [0.05, 0.1) is 5.92 Å². The van der Waals surface area contributed by atoms with Gasteiger partial charge in [-0.1, -0.05) is 17.7 Å². The fraction of sp³-hybridized carbons (Fsp3) is 0.538. The lowest BCUT2D eigenvalue weighted by Gasteiger charge is -2.30. The molecule has 110 valence electrons. The van der Waals surface area contributed by atoms with E-state index >= 15 is 0 Å². The Morgan fingerprint density at radius 3 is 2.45 bits per heavy atom. The molecule has 0 aliphatic heterocycles. The van der Waals surface area contributed by atoms with Gasteiger partial charge >= 0.3 is 6.18 Å². The van der Waals surface area contributed by atoms with Crippen molar-refractivity contribution in [1.29, 1.82) is 0 Å². The zero-order chi connectivity index (χ0) is 14.8. The summed E-state index contributed by atoms with van der Waals surface area (Å²) in [7, 11) is 0. The lowest BCUT2D eigenvalue weighted by molar-refractivity contribution is -0.182. The summed E-state index contributed by atoms with van der Waals surface area (Å²) in [6, 6.07) is 4.43. The number of pyridine rings is 1. The van der Waals surface area contributed by atoms with Crippen LogP contribution in [0.25, 0.3) is 0 Å². The molecular weight excluding hydrogens is 293 g/mol. The number of carbonyl (C=O) groups excluding carboxylic acids is 1. The molecule has 0 radical (unpaired) electrons. The standard InChI is InChI=1S/C13H14ClF3N2O/c14-11-3-1-2-10(19-11)12(20)18-9-6-4-8(5-7-9)13(15,16)17/h1-3,8-9H,4-7H2,(H,18,20). The van der Waals surface area contributed by atoms with E-state index in [-0.39, 0.29) is 29.7 Å². The molecule has 0 spiro atoms. The van der Waals surface area contributed by atoms with Crippen LogP contribution in [0.2, 0.25) is 5.15 Å². The van der Waals surface area contributed by atoms with E-state index in [0.717, 1.165) is 0 Å². The van der Waals surface area contributed by atoms with E-state index in [1.165, 1.54) is 6.07 Å². The van der Waals surface area contributed by atoms with Crippen LogP contribution in [0.4, 0.5) is 13.2 Å². The number of hydrogen-bond donors (Lipinski definition) is 1. The van der Waals surface area contributed by atoms with Crippen LogP contribution in [0.3, 0.4) is 0 Å². The van der Waals surface area contributed by atoms with E-state index in [0.29, 0.717) is 12.8 Å². The highest BCUT2D eigenvalue weighted by atomic mass is 35.5. The van der Waals surface area contributed by atoms with E-state index in [2.05, 4.69) is 10.3 Å². The number of hydrogen-bond acceptors (Lipinski definition) is 2. The van der Waals surface area contributed by atoms with Crippen molar-refractivity contribution in [3.8, 4) is 0 Å². The smallest absolute Gasteiger partial charge is 0.348 e. The SMILES string of the molecule is O=C(NC1CCC(C(F)(F)F)CC1)c1cccc(Cl)n1. The van der Waals surface area contributed by atoms with Gasteiger partial charge in [0.15, 0.2) is 0 Å². The van der Waals surface area contributed by atoms with E-state index < -0.39 is 18.0 Å². The van der Waals surface area contributed by atoms with Crippen LogP contribution < -0.4 is 5.32 Å². The first-order valence-electron chi connectivity index (χ1n) is 6.36. The topological polar surface area (TPSA) is 42.0 Å². The van der Waals surface area contributed by atoms with E-state index in [4.69, 9.17) is 11.6 Å². The second-order valence-corrected chi connectivity index (χ2v) is 5.30. The Kier molecular flexibility index (Phi) is 4.52. The van der Waals surface area contributed by atoms with Crippen molar-refractivity contribution >= 4 is 17.5 Å². The third kappa shape index (κ3) is 3.85. The van der Waals surface area contributed by atoms with Gasteiger partial charge in [-0.05, 0) is 37.8 Å². The van der Waals surface area contributed by atoms with Crippen LogP contribution >= 0.6 is 11.6 Å². The maximum absolute atomic E-state index is 12.5. The maximum Gasteiger partial charge on any atom is 0.391 e. The molecule has 1 amide bonds. The van der Waals surface area contributed by atoms with Gasteiger partial charge in [-0.3, -0.25) is 4.79 Å². The van der Waals surface area contributed by atoms with Crippen molar-refractivity contribution in [3.05, 3.63) is 29.0 Å². The van der Waals surface area contributed by atoms with Gasteiger partial charge in [0, 0.05) is 6.04 Å². The summed E-state index contributed by atoms with van der Waals surface area (Å²) in [5.74, 6) is -1.65. The highest BCUT2D eigenvalue weighted by Crippen LogP contribution is 2.37. The molecule has 0 aromatic carbocycles. The first kappa shape index (κ1) is 15.1. The van der Waals surface area contributed by atoms with Crippen molar-refractivity contribution in [3.63, 3.8) is 0 Å². The summed E-state index contributed by atoms with van der Waals surface area (Å²) in [5.41, 5.74) is 0.176. The molecule has 0 atom stereocenters. The summed E-state index contributed by atoms with van der Waals surface area (Å²) in [5, 5.41) is 2.91. The molecule has 0 bridgehead atoms. The first-order valence-corrected chi connectivity index (χ1v) is 6.74. The van der Waals surface area contributed by atoms with Crippen LogP contribution in [0.1, 0.15) is 36.2 Å². The molecule has 0 unspecified atom stereocenters. The Bertz CT molecular complexity index is 485. The molecule has 0 saturated heterocycles. The summed E-state index contributed by atoms with van der Waals surface area (Å²) in [6.45, 7) is 0. The molecule has 1 saturated carbocycles. The molecule has 1 heterocycles. The van der Waals surface area contributed by atoms with Gasteiger partial charge in [0.1, 0.15) is 10.8 Å². The summed E-state index contributed by atoms with van der Waals surface area (Å²) in [4.78, 5) is 15.8. The predicted molar refractivity (Wildman–Crippen MR) is 68.5 cm³/mol. The van der Waals surface area contributed by atoms with Gasteiger partial charge in [-0.25, -0.2) is 4.98 Å². The van der Waals surface area contributed by atoms with E-state index in [9.17, 15) is 18.0 Å². The number of alkyl halides is 3. The van der Waals surface area contributed by atoms with Gasteiger partial charge < -0.3 is 5.32 Å². The summed E-state index contributed by atoms with van der Waals surface area (Å²) >= 11 is 5.68. The average Bonchev–Trinajstić information content (AvgIpc) is 2.38. The van der Waals surface area contributed by atoms with Gasteiger partial charge in [0.25, 0.3) is 5.91 Å². The number of aromatic nitrogens is 1. The van der Waals surface area contributed by atoms with Crippen molar-refractivity contribution in [2.75, 3.05) is 0 Å². The molecule has 1 aliphatic carbocycles. The zero-order valence-electron chi connectivity index (χ0n) is 10.6. The first-order chi connectivity index (χ1) is 9.36. The van der Waals surface area contributed by atoms with Crippen LogP contribution in [0.15, 0.2) is 18.2 Å². The van der Waals surface area contributed by atoms with Gasteiger partial charge in [-0.2, -0.15) is 13.2 Å². The number of nitrogens with one attached hydrogen (secondary N) is 1. The van der Waals surface area contributed by atoms with E-state index in [1.54, 1.807) is 12.1 Å².